The van der Waals surface area contributed by atoms with Crippen LogP contribution in [0.15, 0.2) is 16.7 Å². The number of fused-ring (bicyclic) bond motifs is 1. The number of rotatable bonds is 1. The Bertz CT molecular complexity index is 553. The second-order valence-electron chi connectivity index (χ2n) is 3.69. The van der Waals surface area contributed by atoms with Gasteiger partial charge < -0.3 is 4.42 Å². The lowest BCUT2D eigenvalue weighted by atomic mass is 10.2. The SMILES string of the molecule is Cc1ccoc1-c1nc(Cl)c2c(n1)CSC2. The molecule has 0 saturated carbocycles. The van der Waals surface area contributed by atoms with Crippen molar-refractivity contribution in [2.45, 2.75) is 18.4 Å². The number of nitrogens with zero attached hydrogens (tertiary/aromatic N) is 2. The van der Waals surface area contributed by atoms with Crippen molar-refractivity contribution in [1.29, 1.82) is 0 Å². The van der Waals surface area contributed by atoms with Gasteiger partial charge in [0.2, 0.25) is 0 Å². The summed E-state index contributed by atoms with van der Waals surface area (Å²) in [6.45, 7) is 1.97. The second kappa shape index (κ2) is 3.79. The van der Waals surface area contributed by atoms with E-state index in [0.717, 1.165) is 28.3 Å². The molecule has 82 valence electrons. The van der Waals surface area contributed by atoms with Crippen LogP contribution in [0.25, 0.3) is 11.6 Å². The summed E-state index contributed by atoms with van der Waals surface area (Å²) in [5.74, 6) is 3.12. The average Bonchev–Trinajstić information content (AvgIpc) is 2.85. The highest BCUT2D eigenvalue weighted by atomic mass is 35.5. The molecule has 2 aromatic heterocycles. The first-order valence-electron chi connectivity index (χ1n) is 4.93. The highest BCUT2D eigenvalue weighted by Crippen LogP contribution is 2.34. The molecular weight excluding hydrogens is 244 g/mol. The van der Waals surface area contributed by atoms with Crippen LogP contribution in [0.5, 0.6) is 0 Å². The van der Waals surface area contributed by atoms with Gasteiger partial charge in [-0.1, -0.05) is 11.6 Å². The topological polar surface area (TPSA) is 38.9 Å². The zero-order chi connectivity index (χ0) is 11.1. The number of aromatic nitrogens is 2. The summed E-state index contributed by atoms with van der Waals surface area (Å²) < 4.78 is 5.37. The Morgan fingerprint density at radius 2 is 2.25 bits per heavy atom. The first-order chi connectivity index (χ1) is 7.75. The first kappa shape index (κ1) is 10.2. The number of hydrogen-bond acceptors (Lipinski definition) is 4. The number of aryl methyl sites for hydroxylation is 1. The lowest BCUT2D eigenvalue weighted by molar-refractivity contribution is 0.575. The molecule has 1 aliphatic heterocycles. The minimum atomic E-state index is 0.556. The molecule has 0 amide bonds. The van der Waals surface area contributed by atoms with Gasteiger partial charge in [-0.3, -0.25) is 0 Å². The van der Waals surface area contributed by atoms with Crippen LogP contribution in [0.4, 0.5) is 0 Å². The highest BCUT2D eigenvalue weighted by Gasteiger charge is 2.20. The summed E-state index contributed by atoms with van der Waals surface area (Å²) in [6.07, 6.45) is 1.64. The minimum Gasteiger partial charge on any atom is -0.461 e. The van der Waals surface area contributed by atoms with Crippen molar-refractivity contribution in [3.8, 4) is 11.6 Å². The van der Waals surface area contributed by atoms with Crippen LogP contribution in [0, 0.1) is 6.92 Å². The molecule has 0 radical (unpaired) electrons. The lowest BCUT2D eigenvalue weighted by Crippen LogP contribution is -1.97. The van der Waals surface area contributed by atoms with Crippen molar-refractivity contribution in [2.75, 3.05) is 0 Å². The maximum Gasteiger partial charge on any atom is 0.197 e. The summed E-state index contributed by atoms with van der Waals surface area (Å²) in [6, 6.07) is 1.90. The molecule has 0 spiro atoms. The van der Waals surface area contributed by atoms with E-state index in [4.69, 9.17) is 16.0 Å². The number of hydrogen-bond donors (Lipinski definition) is 0. The van der Waals surface area contributed by atoms with Gasteiger partial charge in [0.05, 0.1) is 12.0 Å². The molecule has 1 aliphatic rings. The van der Waals surface area contributed by atoms with Gasteiger partial charge in [0.25, 0.3) is 0 Å². The molecule has 0 N–H and O–H groups in total. The van der Waals surface area contributed by atoms with E-state index in [1.54, 1.807) is 6.26 Å². The predicted molar refractivity (Wildman–Crippen MR) is 64.5 cm³/mol. The van der Waals surface area contributed by atoms with Crippen molar-refractivity contribution >= 4 is 23.4 Å². The third-order valence-electron chi connectivity index (χ3n) is 2.59. The van der Waals surface area contributed by atoms with Gasteiger partial charge in [-0.2, -0.15) is 11.8 Å². The van der Waals surface area contributed by atoms with Gasteiger partial charge >= 0.3 is 0 Å². The normalized spacial score (nSPS) is 14.1. The van der Waals surface area contributed by atoms with Gasteiger partial charge in [0.15, 0.2) is 11.6 Å². The van der Waals surface area contributed by atoms with Gasteiger partial charge in [-0.25, -0.2) is 9.97 Å². The summed E-state index contributed by atoms with van der Waals surface area (Å²) in [5, 5.41) is 0.556. The van der Waals surface area contributed by atoms with Crippen LogP contribution in [0.1, 0.15) is 16.8 Å². The lowest BCUT2D eigenvalue weighted by Gasteiger charge is -2.03. The van der Waals surface area contributed by atoms with E-state index in [1.165, 1.54) is 0 Å². The first-order valence-corrected chi connectivity index (χ1v) is 6.46. The van der Waals surface area contributed by atoms with Gasteiger partial charge in [-0.05, 0) is 18.6 Å². The van der Waals surface area contributed by atoms with E-state index in [1.807, 2.05) is 24.8 Å². The Kier molecular flexibility index (Phi) is 2.41. The molecule has 16 heavy (non-hydrogen) atoms. The highest BCUT2D eigenvalue weighted by molar-refractivity contribution is 7.98. The largest absolute Gasteiger partial charge is 0.461 e. The Morgan fingerprint density at radius 1 is 1.38 bits per heavy atom. The van der Waals surface area contributed by atoms with Crippen LogP contribution < -0.4 is 0 Å². The Labute approximate surface area is 102 Å². The number of halogens is 1. The maximum absolute atomic E-state index is 6.14. The molecule has 0 unspecified atom stereocenters. The molecule has 0 atom stereocenters. The van der Waals surface area contributed by atoms with Crippen LogP contribution in [0.3, 0.4) is 0 Å². The van der Waals surface area contributed by atoms with Crippen LogP contribution >= 0.6 is 23.4 Å². The van der Waals surface area contributed by atoms with E-state index in [0.29, 0.717) is 16.7 Å². The van der Waals surface area contributed by atoms with E-state index in [9.17, 15) is 0 Å². The summed E-state index contributed by atoms with van der Waals surface area (Å²) in [4.78, 5) is 8.80. The predicted octanol–water partition coefficient (Wildman–Crippen LogP) is 3.45. The maximum atomic E-state index is 6.14. The molecule has 0 aliphatic carbocycles. The van der Waals surface area contributed by atoms with E-state index in [-0.39, 0.29) is 0 Å². The van der Waals surface area contributed by atoms with Crippen molar-refractivity contribution < 1.29 is 4.42 Å². The molecule has 3 nitrogen and oxygen atoms in total. The quantitative estimate of drug-likeness (QED) is 0.729. The summed E-state index contributed by atoms with van der Waals surface area (Å²) >= 11 is 7.95. The van der Waals surface area contributed by atoms with E-state index in [2.05, 4.69) is 9.97 Å². The van der Waals surface area contributed by atoms with Gasteiger partial charge in [0.1, 0.15) is 5.15 Å². The van der Waals surface area contributed by atoms with E-state index >= 15 is 0 Å². The van der Waals surface area contributed by atoms with Crippen LogP contribution in [-0.4, -0.2) is 9.97 Å². The molecule has 0 fully saturated rings. The van der Waals surface area contributed by atoms with Crippen LogP contribution in [-0.2, 0) is 11.5 Å². The molecule has 0 aromatic carbocycles. The zero-order valence-corrected chi connectivity index (χ0v) is 10.2. The number of furan rings is 1. The summed E-state index contributed by atoms with van der Waals surface area (Å²) in [7, 11) is 0. The average molecular weight is 253 g/mol. The van der Waals surface area contributed by atoms with Gasteiger partial charge in [-0.15, -0.1) is 0 Å². The molecule has 0 bridgehead atoms. The second-order valence-corrected chi connectivity index (χ2v) is 5.03. The molecule has 2 aromatic rings. The van der Waals surface area contributed by atoms with Crippen molar-refractivity contribution in [3.63, 3.8) is 0 Å². The molecule has 3 heterocycles. The van der Waals surface area contributed by atoms with Crippen molar-refractivity contribution in [3.05, 3.63) is 34.3 Å². The molecule has 5 heteroatoms. The van der Waals surface area contributed by atoms with Crippen molar-refractivity contribution in [1.82, 2.24) is 9.97 Å². The smallest absolute Gasteiger partial charge is 0.197 e. The summed E-state index contributed by atoms with van der Waals surface area (Å²) in [5.41, 5.74) is 3.14. The third kappa shape index (κ3) is 1.53. The molecule has 0 saturated heterocycles. The number of thioether (sulfide) groups is 1. The Morgan fingerprint density at radius 3 is 3.00 bits per heavy atom. The fourth-order valence-electron chi connectivity index (χ4n) is 1.72. The molecule has 3 rings (SSSR count). The minimum absolute atomic E-state index is 0.556. The zero-order valence-electron chi connectivity index (χ0n) is 8.66. The van der Waals surface area contributed by atoms with E-state index < -0.39 is 0 Å². The van der Waals surface area contributed by atoms with Crippen molar-refractivity contribution in [2.24, 2.45) is 0 Å². The standard InChI is InChI=1S/C11H9ClN2OS/c1-6-2-3-15-9(6)11-13-8-5-16-4-7(8)10(12)14-11/h2-3H,4-5H2,1H3. The molecular formula is C11H9ClN2OS. The Balaban J connectivity index is 2.17. The fraction of sp³-hybridized carbons (Fsp3) is 0.273. The van der Waals surface area contributed by atoms with Crippen LogP contribution in [0.2, 0.25) is 5.15 Å². The fourth-order valence-corrected chi connectivity index (χ4v) is 3.09. The monoisotopic (exact) mass is 252 g/mol. The van der Waals surface area contributed by atoms with Gasteiger partial charge in [0, 0.05) is 17.1 Å². The Hall–Kier alpha value is -1.000. The third-order valence-corrected chi connectivity index (χ3v) is 3.88.